The first-order chi connectivity index (χ1) is 10.7. The third-order valence-corrected chi connectivity index (χ3v) is 3.58. The van der Waals surface area contributed by atoms with E-state index in [-0.39, 0.29) is 0 Å². The molecule has 3 aromatic rings. The van der Waals surface area contributed by atoms with Gasteiger partial charge in [0.2, 0.25) is 11.8 Å². The number of aromatic nitrogens is 2. The number of rotatable bonds is 3. The van der Waals surface area contributed by atoms with Gasteiger partial charge in [-0.25, -0.2) is 4.79 Å². The molecule has 0 saturated carbocycles. The van der Waals surface area contributed by atoms with Gasteiger partial charge in [0.05, 0.1) is 12.7 Å². The molecule has 0 amide bonds. The van der Waals surface area contributed by atoms with Gasteiger partial charge in [-0.3, -0.25) is 0 Å². The molecule has 0 aliphatic rings. The van der Waals surface area contributed by atoms with Gasteiger partial charge in [-0.2, -0.15) is 0 Å². The number of esters is 1. The molecule has 110 valence electrons. The van der Waals surface area contributed by atoms with Crippen LogP contribution in [0.2, 0.25) is 0 Å². The zero-order valence-electron chi connectivity index (χ0n) is 11.6. The molecule has 0 radical (unpaired) electrons. The summed E-state index contributed by atoms with van der Waals surface area (Å²) < 4.78 is 11.4. The van der Waals surface area contributed by atoms with E-state index in [1.54, 1.807) is 24.3 Å². The number of halogens is 1. The van der Waals surface area contributed by atoms with Gasteiger partial charge in [0, 0.05) is 15.6 Å². The van der Waals surface area contributed by atoms with Crippen LogP contribution < -0.4 is 0 Å². The molecular weight excluding hydrogens is 348 g/mol. The second kappa shape index (κ2) is 6.11. The third kappa shape index (κ3) is 2.92. The number of methoxy groups -OCH3 is 1. The van der Waals surface area contributed by atoms with E-state index in [1.165, 1.54) is 7.11 Å². The highest BCUT2D eigenvalue weighted by molar-refractivity contribution is 9.10. The number of carbonyl (C=O) groups excluding carboxylic acids is 1. The number of carbonyl (C=O) groups is 1. The Balaban J connectivity index is 1.94. The molecule has 0 aliphatic heterocycles. The van der Waals surface area contributed by atoms with E-state index in [0.717, 1.165) is 10.0 Å². The highest BCUT2D eigenvalue weighted by atomic mass is 79.9. The summed E-state index contributed by atoms with van der Waals surface area (Å²) in [5.74, 6) is 0.365. The summed E-state index contributed by atoms with van der Waals surface area (Å²) >= 11 is 3.38. The van der Waals surface area contributed by atoms with Gasteiger partial charge >= 0.3 is 5.97 Å². The van der Waals surface area contributed by atoms with Crippen molar-refractivity contribution in [2.24, 2.45) is 0 Å². The first-order valence-corrected chi connectivity index (χ1v) is 7.25. The molecule has 3 rings (SSSR count). The van der Waals surface area contributed by atoms with Gasteiger partial charge in [-0.05, 0) is 42.5 Å². The van der Waals surface area contributed by atoms with Crippen LogP contribution >= 0.6 is 15.9 Å². The molecule has 0 atom stereocenters. The molecule has 5 nitrogen and oxygen atoms in total. The van der Waals surface area contributed by atoms with Crippen LogP contribution in [-0.4, -0.2) is 23.3 Å². The van der Waals surface area contributed by atoms with E-state index in [0.29, 0.717) is 22.9 Å². The lowest BCUT2D eigenvalue weighted by atomic mass is 10.1. The first kappa shape index (κ1) is 14.5. The van der Waals surface area contributed by atoms with E-state index in [2.05, 4.69) is 26.1 Å². The minimum absolute atomic E-state index is 0.351. The van der Waals surface area contributed by atoms with Gasteiger partial charge in [0.25, 0.3) is 0 Å². The lowest BCUT2D eigenvalue weighted by molar-refractivity contribution is 0.0601. The molecule has 6 heteroatoms. The second-order valence-corrected chi connectivity index (χ2v) is 5.41. The quantitative estimate of drug-likeness (QED) is 0.663. The Labute approximate surface area is 135 Å². The summed E-state index contributed by atoms with van der Waals surface area (Å²) in [5.41, 5.74) is 1.92. The van der Waals surface area contributed by atoms with Crippen molar-refractivity contribution >= 4 is 21.9 Å². The molecule has 0 unspecified atom stereocenters. The average molecular weight is 359 g/mol. The molecule has 0 N–H and O–H groups in total. The van der Waals surface area contributed by atoms with Crippen LogP contribution in [0.5, 0.6) is 0 Å². The minimum atomic E-state index is -0.408. The van der Waals surface area contributed by atoms with Crippen LogP contribution in [-0.2, 0) is 4.74 Å². The topological polar surface area (TPSA) is 65.2 Å². The van der Waals surface area contributed by atoms with Gasteiger partial charge in [-0.1, -0.05) is 22.0 Å². The Kier molecular flexibility index (Phi) is 4.02. The standard InChI is InChI=1S/C16H11BrN2O3/c1-21-16(20)12-4-2-3-11(9-12)15-19-18-14(22-15)10-5-7-13(17)8-6-10/h2-9H,1H3. The van der Waals surface area contributed by atoms with E-state index in [4.69, 9.17) is 9.15 Å². The fraction of sp³-hybridized carbons (Fsp3) is 0.0625. The summed E-state index contributed by atoms with van der Waals surface area (Å²) in [6.07, 6.45) is 0. The Bertz CT molecular complexity index is 812. The monoisotopic (exact) mass is 358 g/mol. The highest BCUT2D eigenvalue weighted by Gasteiger charge is 2.13. The predicted octanol–water partition coefficient (Wildman–Crippen LogP) is 3.95. The smallest absolute Gasteiger partial charge is 0.337 e. The molecule has 0 aliphatic carbocycles. The maximum Gasteiger partial charge on any atom is 0.337 e. The molecular formula is C16H11BrN2O3. The molecule has 0 fully saturated rings. The fourth-order valence-electron chi connectivity index (χ4n) is 1.95. The third-order valence-electron chi connectivity index (χ3n) is 3.05. The van der Waals surface area contributed by atoms with Crippen LogP contribution in [0, 0.1) is 0 Å². The first-order valence-electron chi connectivity index (χ1n) is 6.45. The molecule has 1 heterocycles. The second-order valence-electron chi connectivity index (χ2n) is 4.49. The molecule has 0 bridgehead atoms. The van der Waals surface area contributed by atoms with Crippen molar-refractivity contribution in [3.63, 3.8) is 0 Å². The lowest BCUT2D eigenvalue weighted by Crippen LogP contribution is -2.00. The fourth-order valence-corrected chi connectivity index (χ4v) is 2.21. The largest absolute Gasteiger partial charge is 0.465 e. The Hall–Kier alpha value is -2.47. The van der Waals surface area contributed by atoms with Crippen molar-refractivity contribution in [1.29, 1.82) is 0 Å². The van der Waals surface area contributed by atoms with Crippen molar-refractivity contribution in [2.75, 3.05) is 7.11 Å². The molecule has 0 spiro atoms. The van der Waals surface area contributed by atoms with Crippen LogP contribution in [0.3, 0.4) is 0 Å². The Morgan fingerprint density at radius 1 is 1.05 bits per heavy atom. The summed E-state index contributed by atoms with van der Waals surface area (Å²) in [6.45, 7) is 0. The van der Waals surface area contributed by atoms with Gasteiger partial charge < -0.3 is 9.15 Å². The summed E-state index contributed by atoms with van der Waals surface area (Å²) in [6, 6.07) is 14.4. The van der Waals surface area contributed by atoms with Crippen LogP contribution in [0.15, 0.2) is 57.4 Å². The minimum Gasteiger partial charge on any atom is -0.465 e. The van der Waals surface area contributed by atoms with E-state index < -0.39 is 5.97 Å². The van der Waals surface area contributed by atoms with Crippen molar-refractivity contribution in [1.82, 2.24) is 10.2 Å². The van der Waals surface area contributed by atoms with Gasteiger partial charge in [0.1, 0.15) is 0 Å². The van der Waals surface area contributed by atoms with Crippen molar-refractivity contribution in [3.8, 4) is 22.9 Å². The molecule has 22 heavy (non-hydrogen) atoms. The maximum absolute atomic E-state index is 11.6. The normalized spacial score (nSPS) is 10.5. The van der Waals surface area contributed by atoms with Crippen molar-refractivity contribution in [3.05, 3.63) is 58.6 Å². The molecule has 1 aromatic heterocycles. The van der Waals surface area contributed by atoms with Crippen molar-refractivity contribution in [2.45, 2.75) is 0 Å². The number of benzene rings is 2. The van der Waals surface area contributed by atoms with Crippen LogP contribution in [0.1, 0.15) is 10.4 Å². The maximum atomic E-state index is 11.6. The molecule has 0 saturated heterocycles. The van der Waals surface area contributed by atoms with E-state index in [9.17, 15) is 4.79 Å². The van der Waals surface area contributed by atoms with Crippen molar-refractivity contribution < 1.29 is 13.9 Å². The SMILES string of the molecule is COC(=O)c1cccc(-c2nnc(-c3ccc(Br)cc3)o2)c1. The van der Waals surface area contributed by atoms with Gasteiger partial charge in [-0.15, -0.1) is 10.2 Å². The molecule has 2 aromatic carbocycles. The predicted molar refractivity (Wildman–Crippen MR) is 84.2 cm³/mol. The number of hydrogen-bond acceptors (Lipinski definition) is 5. The highest BCUT2D eigenvalue weighted by Crippen LogP contribution is 2.25. The summed E-state index contributed by atoms with van der Waals surface area (Å²) in [4.78, 5) is 11.6. The Morgan fingerprint density at radius 2 is 1.73 bits per heavy atom. The van der Waals surface area contributed by atoms with Gasteiger partial charge in [0.15, 0.2) is 0 Å². The zero-order chi connectivity index (χ0) is 15.5. The zero-order valence-corrected chi connectivity index (χ0v) is 13.2. The average Bonchev–Trinajstić information content (AvgIpc) is 3.05. The lowest BCUT2D eigenvalue weighted by Gasteiger charge is -2.00. The Morgan fingerprint density at radius 3 is 2.41 bits per heavy atom. The van der Waals surface area contributed by atoms with Crippen LogP contribution in [0.25, 0.3) is 22.9 Å². The summed E-state index contributed by atoms with van der Waals surface area (Å²) in [7, 11) is 1.34. The summed E-state index contributed by atoms with van der Waals surface area (Å²) in [5, 5.41) is 8.07. The number of ether oxygens (including phenoxy) is 1. The van der Waals surface area contributed by atoms with E-state index in [1.807, 2.05) is 24.3 Å². The van der Waals surface area contributed by atoms with E-state index >= 15 is 0 Å². The number of nitrogens with zero attached hydrogens (tertiary/aromatic N) is 2. The number of hydrogen-bond donors (Lipinski definition) is 0. The van der Waals surface area contributed by atoms with Crippen LogP contribution in [0.4, 0.5) is 0 Å².